The molecule has 7 heteroatoms. The SMILES string of the molecule is O=S(=O)(CBr)Nc1ccc(F)nc1. The molecule has 1 aromatic rings. The van der Waals surface area contributed by atoms with Crippen molar-refractivity contribution in [2.75, 3.05) is 9.38 Å². The van der Waals surface area contributed by atoms with E-state index in [1.165, 1.54) is 6.07 Å². The molecule has 0 aliphatic carbocycles. The second-order valence-corrected chi connectivity index (χ2v) is 5.22. The number of pyridine rings is 1. The predicted octanol–water partition coefficient (Wildman–Crippen LogP) is 1.31. The quantitative estimate of drug-likeness (QED) is 0.665. The Balaban J connectivity index is 2.82. The molecule has 1 heterocycles. The zero-order chi connectivity index (χ0) is 9.90. The molecule has 1 rings (SSSR count). The van der Waals surface area contributed by atoms with Gasteiger partial charge >= 0.3 is 0 Å². The Bertz CT molecular complexity index is 378. The summed E-state index contributed by atoms with van der Waals surface area (Å²) in [4.78, 5) is 3.29. The van der Waals surface area contributed by atoms with Gasteiger partial charge in [0.15, 0.2) is 0 Å². The van der Waals surface area contributed by atoms with E-state index in [1.54, 1.807) is 0 Å². The summed E-state index contributed by atoms with van der Waals surface area (Å²) in [6, 6.07) is 2.37. The maximum absolute atomic E-state index is 12.3. The summed E-state index contributed by atoms with van der Waals surface area (Å²) in [5, 5.41) is 0. The molecule has 0 aliphatic rings. The van der Waals surface area contributed by atoms with E-state index in [2.05, 4.69) is 25.6 Å². The van der Waals surface area contributed by atoms with Crippen molar-refractivity contribution in [2.45, 2.75) is 0 Å². The molecular weight excluding hydrogens is 263 g/mol. The van der Waals surface area contributed by atoms with E-state index in [4.69, 9.17) is 0 Å². The second kappa shape index (κ2) is 4.01. The molecule has 0 saturated heterocycles. The number of nitrogens with zero attached hydrogens (tertiary/aromatic N) is 1. The zero-order valence-electron chi connectivity index (χ0n) is 6.37. The summed E-state index contributed by atoms with van der Waals surface area (Å²) >= 11 is 2.80. The third-order valence-corrected chi connectivity index (χ3v) is 3.79. The fraction of sp³-hybridized carbons (Fsp3) is 0.167. The normalized spacial score (nSPS) is 11.2. The first-order valence-electron chi connectivity index (χ1n) is 3.21. The van der Waals surface area contributed by atoms with Gasteiger partial charge in [0, 0.05) is 0 Å². The van der Waals surface area contributed by atoms with Gasteiger partial charge in [0.05, 0.1) is 11.9 Å². The molecule has 72 valence electrons. The van der Waals surface area contributed by atoms with Crippen molar-refractivity contribution >= 4 is 31.6 Å². The Morgan fingerprint density at radius 3 is 2.69 bits per heavy atom. The first-order valence-corrected chi connectivity index (χ1v) is 5.99. The molecule has 0 unspecified atom stereocenters. The number of nitrogens with one attached hydrogen (secondary N) is 1. The van der Waals surface area contributed by atoms with Gasteiger partial charge in [-0.2, -0.15) is 4.39 Å². The number of aromatic nitrogens is 1. The van der Waals surface area contributed by atoms with Crippen LogP contribution in [0.1, 0.15) is 0 Å². The van der Waals surface area contributed by atoms with Gasteiger partial charge in [0.25, 0.3) is 0 Å². The monoisotopic (exact) mass is 268 g/mol. The van der Waals surface area contributed by atoms with Crippen molar-refractivity contribution in [3.63, 3.8) is 0 Å². The van der Waals surface area contributed by atoms with Gasteiger partial charge in [-0.15, -0.1) is 0 Å². The van der Waals surface area contributed by atoms with Crippen LogP contribution >= 0.6 is 15.9 Å². The summed E-state index contributed by atoms with van der Waals surface area (Å²) in [5.74, 6) is -0.651. The number of alkyl halides is 1. The summed E-state index contributed by atoms with van der Waals surface area (Å²) in [6.07, 6.45) is 1.11. The maximum atomic E-state index is 12.3. The molecule has 0 saturated carbocycles. The van der Waals surface area contributed by atoms with Crippen LogP contribution in [0.25, 0.3) is 0 Å². The minimum Gasteiger partial charge on any atom is -0.281 e. The Kier molecular flexibility index (Phi) is 3.21. The molecule has 13 heavy (non-hydrogen) atoms. The maximum Gasteiger partial charge on any atom is 0.242 e. The molecule has 1 aromatic heterocycles. The van der Waals surface area contributed by atoms with Crippen LogP contribution in [0.15, 0.2) is 18.3 Å². The van der Waals surface area contributed by atoms with E-state index < -0.39 is 16.0 Å². The summed E-state index contributed by atoms with van der Waals surface area (Å²) < 4.78 is 36.2. The molecule has 1 N–H and O–H groups in total. The van der Waals surface area contributed by atoms with Crippen molar-refractivity contribution in [3.8, 4) is 0 Å². The van der Waals surface area contributed by atoms with Crippen LogP contribution < -0.4 is 4.72 Å². The van der Waals surface area contributed by atoms with E-state index in [0.29, 0.717) is 0 Å². The average Bonchev–Trinajstić information content (AvgIpc) is 2.09. The highest BCUT2D eigenvalue weighted by atomic mass is 79.9. The minimum absolute atomic E-state index is 0.211. The van der Waals surface area contributed by atoms with Crippen LogP contribution in [0, 0.1) is 5.95 Å². The highest BCUT2D eigenvalue weighted by Gasteiger charge is 2.07. The van der Waals surface area contributed by atoms with Gasteiger partial charge in [-0.05, 0) is 12.1 Å². The number of halogens is 2. The van der Waals surface area contributed by atoms with Crippen LogP contribution in [0.4, 0.5) is 10.1 Å². The number of sulfonamides is 1. The molecule has 0 aromatic carbocycles. The van der Waals surface area contributed by atoms with E-state index in [1.807, 2.05) is 0 Å². The van der Waals surface area contributed by atoms with Gasteiger partial charge in [0.1, 0.15) is 4.66 Å². The molecule has 0 amide bonds. The molecule has 0 bridgehead atoms. The highest BCUT2D eigenvalue weighted by molar-refractivity contribution is 9.10. The predicted molar refractivity (Wildman–Crippen MR) is 50.5 cm³/mol. The van der Waals surface area contributed by atoms with Crippen LogP contribution in [0.5, 0.6) is 0 Å². The first-order chi connectivity index (χ1) is 6.03. The lowest BCUT2D eigenvalue weighted by atomic mass is 10.4. The largest absolute Gasteiger partial charge is 0.281 e. The Hall–Kier alpha value is -0.690. The molecule has 0 spiro atoms. The van der Waals surface area contributed by atoms with Crippen molar-refractivity contribution in [1.82, 2.24) is 4.98 Å². The van der Waals surface area contributed by atoms with Crippen LogP contribution in [0.3, 0.4) is 0 Å². The standard InChI is InChI=1S/C6H6BrFN2O2S/c7-4-13(11,12)10-5-1-2-6(8)9-3-5/h1-3,10H,4H2. The third kappa shape index (κ3) is 3.27. The Morgan fingerprint density at radius 2 is 2.23 bits per heavy atom. The summed E-state index contributed by atoms with van der Waals surface area (Å²) in [6.45, 7) is 0. The molecule has 0 atom stereocenters. The van der Waals surface area contributed by atoms with Crippen molar-refractivity contribution in [2.24, 2.45) is 0 Å². The Morgan fingerprint density at radius 1 is 1.54 bits per heavy atom. The van der Waals surface area contributed by atoms with Crippen LogP contribution in [-0.4, -0.2) is 18.1 Å². The number of rotatable bonds is 3. The second-order valence-electron chi connectivity index (χ2n) is 2.20. The van der Waals surface area contributed by atoms with E-state index in [9.17, 15) is 12.8 Å². The van der Waals surface area contributed by atoms with Gasteiger partial charge in [-0.25, -0.2) is 13.4 Å². The number of anilines is 1. The van der Waals surface area contributed by atoms with E-state index >= 15 is 0 Å². The minimum atomic E-state index is -3.38. The number of hydrogen-bond donors (Lipinski definition) is 1. The fourth-order valence-electron chi connectivity index (χ4n) is 0.643. The van der Waals surface area contributed by atoms with Crippen molar-refractivity contribution in [3.05, 3.63) is 24.3 Å². The van der Waals surface area contributed by atoms with Gasteiger partial charge in [-0.1, -0.05) is 15.9 Å². The molecular formula is C6H6BrFN2O2S. The summed E-state index contributed by atoms with van der Waals surface area (Å²) in [5.41, 5.74) is 0.237. The van der Waals surface area contributed by atoms with Crippen molar-refractivity contribution < 1.29 is 12.8 Å². The lowest BCUT2D eigenvalue weighted by Crippen LogP contribution is -2.13. The highest BCUT2D eigenvalue weighted by Crippen LogP contribution is 2.08. The number of hydrogen-bond acceptors (Lipinski definition) is 3. The molecule has 0 fully saturated rings. The lowest BCUT2D eigenvalue weighted by molar-refractivity contribution is 0.583. The smallest absolute Gasteiger partial charge is 0.242 e. The van der Waals surface area contributed by atoms with Crippen LogP contribution in [0.2, 0.25) is 0 Å². The first kappa shape index (κ1) is 10.4. The van der Waals surface area contributed by atoms with E-state index in [-0.39, 0.29) is 10.3 Å². The van der Waals surface area contributed by atoms with Gasteiger partial charge < -0.3 is 0 Å². The third-order valence-electron chi connectivity index (χ3n) is 1.14. The molecule has 4 nitrogen and oxygen atoms in total. The van der Waals surface area contributed by atoms with Crippen molar-refractivity contribution in [1.29, 1.82) is 0 Å². The topological polar surface area (TPSA) is 59.1 Å². The molecule has 0 radical (unpaired) electrons. The fourth-order valence-corrected chi connectivity index (χ4v) is 1.52. The average molecular weight is 269 g/mol. The lowest BCUT2D eigenvalue weighted by Gasteiger charge is -2.03. The summed E-state index contributed by atoms with van der Waals surface area (Å²) in [7, 11) is -3.38. The van der Waals surface area contributed by atoms with E-state index in [0.717, 1.165) is 12.3 Å². The van der Waals surface area contributed by atoms with Gasteiger partial charge in [-0.3, -0.25) is 4.72 Å². The Labute approximate surface area is 83.4 Å². The van der Waals surface area contributed by atoms with Gasteiger partial charge in [0.2, 0.25) is 16.0 Å². The zero-order valence-corrected chi connectivity index (χ0v) is 8.77. The molecule has 0 aliphatic heterocycles. The van der Waals surface area contributed by atoms with Crippen LogP contribution in [-0.2, 0) is 10.0 Å².